The van der Waals surface area contributed by atoms with Gasteiger partial charge in [0.25, 0.3) is 0 Å². The van der Waals surface area contributed by atoms with Gasteiger partial charge in [0.1, 0.15) is 17.2 Å². The van der Waals surface area contributed by atoms with Crippen LogP contribution < -0.4 is 13.6 Å². The summed E-state index contributed by atoms with van der Waals surface area (Å²) in [4.78, 5) is 0. The Morgan fingerprint density at radius 1 is 0.562 bits per heavy atom. The number of hydrogen-bond acceptors (Lipinski definition) is 3. The summed E-state index contributed by atoms with van der Waals surface area (Å²) in [7, 11) is -1.63. The highest BCUT2D eigenvalue weighted by molar-refractivity contribution is 7.43. The SMILES string of the molecule is CCCCCCCCCc1ccc(OP(Oc2ccccc2)Oc2ccc(C)cc2)cc1. The lowest BCUT2D eigenvalue weighted by molar-refractivity contribution is 0.388. The van der Waals surface area contributed by atoms with E-state index in [9.17, 15) is 0 Å². The van der Waals surface area contributed by atoms with Gasteiger partial charge in [0.2, 0.25) is 0 Å². The molecule has 3 rings (SSSR count). The fraction of sp³-hybridized carbons (Fsp3) is 0.357. The molecule has 0 aliphatic carbocycles. The second kappa shape index (κ2) is 13.8. The third-order valence-electron chi connectivity index (χ3n) is 5.30. The molecule has 0 saturated carbocycles. The van der Waals surface area contributed by atoms with Crippen molar-refractivity contribution in [3.05, 3.63) is 90.0 Å². The van der Waals surface area contributed by atoms with Gasteiger partial charge in [-0.3, -0.25) is 0 Å². The van der Waals surface area contributed by atoms with Crippen LogP contribution in [0.3, 0.4) is 0 Å². The monoisotopic (exact) mass is 450 g/mol. The molecule has 0 fully saturated rings. The Labute approximate surface area is 194 Å². The van der Waals surface area contributed by atoms with Gasteiger partial charge in [-0.1, -0.05) is 93.5 Å². The average Bonchev–Trinajstić information content (AvgIpc) is 2.82. The minimum atomic E-state index is -1.63. The van der Waals surface area contributed by atoms with Crippen LogP contribution in [-0.4, -0.2) is 0 Å². The van der Waals surface area contributed by atoms with Gasteiger partial charge in [-0.05, 0) is 61.7 Å². The number of hydrogen-bond donors (Lipinski definition) is 0. The minimum absolute atomic E-state index is 0.723. The Morgan fingerprint density at radius 3 is 1.66 bits per heavy atom. The van der Waals surface area contributed by atoms with Crippen LogP contribution in [0.5, 0.6) is 17.2 Å². The van der Waals surface area contributed by atoms with E-state index < -0.39 is 8.60 Å². The fourth-order valence-electron chi connectivity index (χ4n) is 3.40. The molecule has 170 valence electrons. The van der Waals surface area contributed by atoms with E-state index in [0.29, 0.717) is 0 Å². The van der Waals surface area contributed by atoms with Crippen molar-refractivity contribution in [3.8, 4) is 17.2 Å². The molecule has 0 heterocycles. The van der Waals surface area contributed by atoms with E-state index in [1.165, 1.54) is 56.1 Å². The van der Waals surface area contributed by atoms with Gasteiger partial charge in [0.15, 0.2) is 0 Å². The average molecular weight is 451 g/mol. The predicted molar refractivity (Wildman–Crippen MR) is 135 cm³/mol. The highest BCUT2D eigenvalue weighted by atomic mass is 31.2. The fourth-order valence-corrected chi connectivity index (χ4v) is 4.39. The third-order valence-corrected chi connectivity index (χ3v) is 6.38. The first kappa shape index (κ1) is 24.1. The van der Waals surface area contributed by atoms with E-state index in [4.69, 9.17) is 13.6 Å². The van der Waals surface area contributed by atoms with Crippen LogP contribution in [0.15, 0.2) is 78.9 Å². The summed E-state index contributed by atoms with van der Waals surface area (Å²) in [6.45, 7) is 4.32. The molecule has 1 unspecified atom stereocenters. The third kappa shape index (κ3) is 8.93. The van der Waals surface area contributed by atoms with Gasteiger partial charge in [-0.15, -0.1) is 0 Å². The summed E-state index contributed by atoms with van der Waals surface area (Å²) >= 11 is 0. The van der Waals surface area contributed by atoms with Crippen molar-refractivity contribution in [2.45, 2.75) is 65.2 Å². The highest BCUT2D eigenvalue weighted by Crippen LogP contribution is 2.42. The number of unbranched alkanes of at least 4 members (excludes halogenated alkanes) is 6. The Bertz CT molecular complexity index is 879. The summed E-state index contributed by atoms with van der Waals surface area (Å²) in [6.07, 6.45) is 10.4. The molecule has 3 aromatic carbocycles. The molecule has 1 atom stereocenters. The molecule has 3 aromatic rings. The smallest absolute Gasteiger partial charge is 0.409 e. The lowest BCUT2D eigenvalue weighted by Gasteiger charge is -2.18. The van der Waals surface area contributed by atoms with Crippen LogP contribution in [0.25, 0.3) is 0 Å². The van der Waals surface area contributed by atoms with Gasteiger partial charge < -0.3 is 13.6 Å². The predicted octanol–water partition coefficient (Wildman–Crippen LogP) is 9.05. The second-order valence-electron chi connectivity index (χ2n) is 8.14. The number of rotatable bonds is 14. The van der Waals surface area contributed by atoms with E-state index in [1.54, 1.807) is 0 Å². The van der Waals surface area contributed by atoms with Crippen molar-refractivity contribution in [1.29, 1.82) is 0 Å². The molecule has 4 heteroatoms. The Kier molecular flexibility index (Phi) is 10.4. The summed E-state index contributed by atoms with van der Waals surface area (Å²) in [6, 6.07) is 25.9. The maximum Gasteiger partial charge on any atom is 0.530 e. The van der Waals surface area contributed by atoms with E-state index in [-0.39, 0.29) is 0 Å². The summed E-state index contributed by atoms with van der Waals surface area (Å²) in [5.74, 6) is 2.21. The Balaban J connectivity index is 1.53. The van der Waals surface area contributed by atoms with Crippen molar-refractivity contribution in [3.63, 3.8) is 0 Å². The Hall–Kier alpha value is -2.51. The van der Waals surface area contributed by atoms with E-state index in [1.807, 2.05) is 66.7 Å². The quantitative estimate of drug-likeness (QED) is 0.181. The lowest BCUT2D eigenvalue weighted by atomic mass is 10.0. The molecule has 0 saturated heterocycles. The van der Waals surface area contributed by atoms with Crippen molar-refractivity contribution in [1.82, 2.24) is 0 Å². The molecule has 0 aliphatic heterocycles. The van der Waals surface area contributed by atoms with Crippen molar-refractivity contribution in [2.24, 2.45) is 0 Å². The molecule has 0 aromatic heterocycles. The number of benzene rings is 3. The molecular weight excluding hydrogens is 415 g/mol. The first-order valence-electron chi connectivity index (χ1n) is 11.8. The normalized spacial score (nSPS) is 11.7. The number of aryl methyl sites for hydroxylation is 2. The molecule has 0 aliphatic rings. The first-order valence-corrected chi connectivity index (χ1v) is 12.9. The zero-order chi connectivity index (χ0) is 22.4. The molecule has 0 N–H and O–H groups in total. The molecule has 32 heavy (non-hydrogen) atoms. The van der Waals surface area contributed by atoms with Crippen molar-refractivity contribution >= 4 is 8.60 Å². The zero-order valence-corrected chi connectivity index (χ0v) is 20.2. The maximum absolute atomic E-state index is 6.11. The first-order chi connectivity index (χ1) is 15.7. The van der Waals surface area contributed by atoms with Gasteiger partial charge in [0.05, 0.1) is 0 Å². The molecule has 0 bridgehead atoms. The van der Waals surface area contributed by atoms with Crippen LogP contribution in [0, 0.1) is 6.92 Å². The highest BCUT2D eigenvalue weighted by Gasteiger charge is 2.19. The molecule has 0 radical (unpaired) electrons. The van der Waals surface area contributed by atoms with Gasteiger partial charge in [0, 0.05) is 0 Å². The van der Waals surface area contributed by atoms with E-state index in [0.717, 1.165) is 23.7 Å². The van der Waals surface area contributed by atoms with Crippen molar-refractivity contribution in [2.75, 3.05) is 0 Å². The second-order valence-corrected chi connectivity index (χ2v) is 9.13. The standard InChI is InChI=1S/C28H35O3P/c1-3-4-5-6-7-8-10-13-25-18-22-28(23-19-25)31-32(29-26-14-11-9-12-15-26)30-27-20-16-24(2)17-21-27/h9,11-12,14-23H,3-8,10,13H2,1-2H3. The van der Waals surface area contributed by atoms with Crippen LogP contribution >= 0.6 is 8.60 Å². The van der Waals surface area contributed by atoms with Gasteiger partial charge in [-0.25, -0.2) is 0 Å². The molecular formula is C28H35O3P. The topological polar surface area (TPSA) is 27.7 Å². The van der Waals surface area contributed by atoms with Gasteiger partial charge >= 0.3 is 8.60 Å². The molecule has 0 amide bonds. The molecule has 0 spiro atoms. The van der Waals surface area contributed by atoms with Crippen LogP contribution in [0.1, 0.15) is 63.0 Å². The van der Waals surface area contributed by atoms with Crippen LogP contribution in [0.4, 0.5) is 0 Å². The summed E-state index contributed by atoms with van der Waals surface area (Å²) in [5, 5.41) is 0. The minimum Gasteiger partial charge on any atom is -0.409 e. The summed E-state index contributed by atoms with van der Waals surface area (Å²) in [5.41, 5.74) is 2.53. The number of para-hydroxylation sites is 1. The van der Waals surface area contributed by atoms with E-state index in [2.05, 4.69) is 26.0 Å². The lowest BCUT2D eigenvalue weighted by Crippen LogP contribution is -2.02. The van der Waals surface area contributed by atoms with E-state index >= 15 is 0 Å². The van der Waals surface area contributed by atoms with Crippen molar-refractivity contribution < 1.29 is 13.6 Å². The Morgan fingerprint density at radius 2 is 1.06 bits per heavy atom. The van der Waals surface area contributed by atoms with Crippen LogP contribution in [-0.2, 0) is 6.42 Å². The van der Waals surface area contributed by atoms with Crippen LogP contribution in [0.2, 0.25) is 0 Å². The summed E-state index contributed by atoms with van der Waals surface area (Å²) < 4.78 is 18.2. The zero-order valence-electron chi connectivity index (χ0n) is 19.3. The largest absolute Gasteiger partial charge is 0.530 e. The molecule has 3 nitrogen and oxygen atoms in total. The maximum atomic E-state index is 6.11. The van der Waals surface area contributed by atoms with Gasteiger partial charge in [-0.2, -0.15) is 0 Å².